The van der Waals surface area contributed by atoms with Crippen LogP contribution in [0, 0.1) is 0 Å². The summed E-state index contributed by atoms with van der Waals surface area (Å²) in [6.45, 7) is 3.18. The second-order valence-corrected chi connectivity index (χ2v) is 2.86. The molecule has 0 bridgehead atoms. The van der Waals surface area contributed by atoms with Crippen LogP contribution in [-0.2, 0) is 24.2 Å². The Morgan fingerprint density at radius 2 is 1.43 bits per heavy atom. The largest absolute Gasteiger partial charge is 0.356 e. The molecule has 0 fully saturated rings. The lowest BCUT2D eigenvalue weighted by molar-refractivity contribution is -0.259. The molecule has 0 N–H and O–H groups in total. The Morgan fingerprint density at radius 1 is 0.929 bits per heavy atom. The molecule has 0 amide bonds. The highest BCUT2D eigenvalue weighted by Gasteiger charge is 2.09. The lowest BCUT2D eigenvalue weighted by Crippen LogP contribution is -2.11. The Morgan fingerprint density at radius 3 is 1.86 bits per heavy atom. The predicted molar refractivity (Wildman–Crippen MR) is 47.0 cm³/mol. The van der Waals surface area contributed by atoms with Gasteiger partial charge >= 0.3 is 11.9 Å². The lowest BCUT2D eigenvalue weighted by Gasteiger charge is -2.00. The van der Waals surface area contributed by atoms with Gasteiger partial charge in [0.1, 0.15) is 5.78 Å². The molecule has 0 saturated heterocycles. The van der Waals surface area contributed by atoms with Gasteiger partial charge in [0, 0.05) is 12.8 Å². The summed E-state index contributed by atoms with van der Waals surface area (Å²) in [5.41, 5.74) is 0. The van der Waals surface area contributed by atoms with Gasteiger partial charge in [-0.25, -0.2) is 19.4 Å². The van der Waals surface area contributed by atoms with E-state index in [1.54, 1.807) is 6.92 Å². The summed E-state index contributed by atoms with van der Waals surface area (Å²) in [6, 6.07) is 0. The highest BCUT2D eigenvalue weighted by molar-refractivity contribution is 5.81. The molecule has 0 heterocycles. The van der Waals surface area contributed by atoms with E-state index in [1.807, 2.05) is 0 Å². The van der Waals surface area contributed by atoms with Gasteiger partial charge in [-0.1, -0.05) is 6.92 Å². The molecule has 0 atom stereocenters. The number of ketones is 1. The van der Waals surface area contributed by atoms with Crippen LogP contribution in [0.25, 0.3) is 0 Å². The Balaban J connectivity index is 3.53. The third-order valence-corrected chi connectivity index (χ3v) is 1.36. The molecule has 0 saturated carbocycles. The molecule has 14 heavy (non-hydrogen) atoms. The van der Waals surface area contributed by atoms with Crippen molar-refractivity contribution in [2.24, 2.45) is 0 Å². The average molecular weight is 202 g/mol. The van der Waals surface area contributed by atoms with Crippen molar-refractivity contribution in [1.29, 1.82) is 0 Å². The topological polar surface area (TPSA) is 69.7 Å². The first-order chi connectivity index (χ1) is 6.56. The molecule has 5 heteroatoms. The standard InChI is InChI=1S/C9H14O5/c1-3-4-8(11)13-14-9(12)6-5-7(2)10/h3-6H2,1-2H3. The Kier molecular flexibility index (Phi) is 6.36. The number of carbonyl (C=O) groups is 3. The van der Waals surface area contributed by atoms with Gasteiger partial charge in [0.15, 0.2) is 0 Å². The quantitative estimate of drug-likeness (QED) is 0.494. The molecule has 0 aliphatic carbocycles. The maximum atomic E-state index is 10.8. The van der Waals surface area contributed by atoms with E-state index < -0.39 is 11.9 Å². The van der Waals surface area contributed by atoms with Gasteiger partial charge in [-0.3, -0.25) is 0 Å². The minimum Gasteiger partial charge on any atom is -0.300 e. The zero-order chi connectivity index (χ0) is 11.0. The smallest absolute Gasteiger partial charge is 0.300 e. The van der Waals surface area contributed by atoms with Crippen LogP contribution in [0.2, 0.25) is 0 Å². The highest BCUT2D eigenvalue weighted by Crippen LogP contribution is 1.97. The number of rotatable bonds is 5. The van der Waals surface area contributed by atoms with Crippen LogP contribution in [0.5, 0.6) is 0 Å². The van der Waals surface area contributed by atoms with Crippen molar-refractivity contribution in [1.82, 2.24) is 0 Å². The molecule has 0 rings (SSSR count). The zero-order valence-corrected chi connectivity index (χ0v) is 8.37. The van der Waals surface area contributed by atoms with E-state index in [4.69, 9.17) is 0 Å². The van der Waals surface area contributed by atoms with Crippen molar-refractivity contribution < 1.29 is 24.2 Å². The molecule has 0 radical (unpaired) electrons. The van der Waals surface area contributed by atoms with Crippen molar-refractivity contribution in [3.05, 3.63) is 0 Å². The first-order valence-electron chi connectivity index (χ1n) is 4.46. The fourth-order valence-electron chi connectivity index (χ4n) is 0.658. The van der Waals surface area contributed by atoms with Crippen LogP contribution in [-0.4, -0.2) is 17.7 Å². The minimum absolute atomic E-state index is 0.0608. The maximum absolute atomic E-state index is 10.8. The molecule has 0 aromatic rings. The van der Waals surface area contributed by atoms with E-state index in [9.17, 15) is 14.4 Å². The molecule has 0 aliphatic rings. The molecule has 5 nitrogen and oxygen atoms in total. The summed E-state index contributed by atoms with van der Waals surface area (Å²) in [6.07, 6.45) is 0.878. The van der Waals surface area contributed by atoms with Crippen molar-refractivity contribution in [2.75, 3.05) is 0 Å². The minimum atomic E-state index is -0.704. The lowest BCUT2D eigenvalue weighted by atomic mass is 10.2. The Hall–Kier alpha value is -1.39. The third-order valence-electron chi connectivity index (χ3n) is 1.36. The monoisotopic (exact) mass is 202 g/mol. The number of hydrogen-bond donors (Lipinski definition) is 0. The molecular weight excluding hydrogens is 188 g/mol. The Labute approximate surface area is 82.3 Å². The second-order valence-electron chi connectivity index (χ2n) is 2.86. The molecule has 0 aromatic carbocycles. The molecule has 0 aromatic heterocycles. The van der Waals surface area contributed by atoms with E-state index in [0.29, 0.717) is 6.42 Å². The molecule has 0 spiro atoms. The van der Waals surface area contributed by atoms with E-state index in [2.05, 4.69) is 9.78 Å². The van der Waals surface area contributed by atoms with Crippen LogP contribution < -0.4 is 0 Å². The number of hydrogen-bond acceptors (Lipinski definition) is 5. The summed E-state index contributed by atoms with van der Waals surface area (Å²) in [7, 11) is 0. The summed E-state index contributed by atoms with van der Waals surface area (Å²) in [5, 5.41) is 0. The fourth-order valence-corrected chi connectivity index (χ4v) is 0.658. The van der Waals surface area contributed by atoms with E-state index >= 15 is 0 Å². The van der Waals surface area contributed by atoms with Crippen LogP contribution in [0.4, 0.5) is 0 Å². The number of Topliss-reactive ketones (excluding diaryl/α,β-unsaturated/α-hetero) is 1. The summed E-state index contributed by atoms with van der Waals surface area (Å²) < 4.78 is 0. The summed E-state index contributed by atoms with van der Waals surface area (Å²) >= 11 is 0. The normalized spacial score (nSPS) is 9.29. The fraction of sp³-hybridized carbons (Fsp3) is 0.667. The van der Waals surface area contributed by atoms with Gasteiger partial charge in [-0.2, -0.15) is 0 Å². The third kappa shape index (κ3) is 7.27. The van der Waals surface area contributed by atoms with Crippen LogP contribution >= 0.6 is 0 Å². The predicted octanol–water partition coefficient (Wildman–Crippen LogP) is 1.16. The molecule has 0 aliphatic heterocycles. The van der Waals surface area contributed by atoms with E-state index in [0.717, 1.165) is 0 Å². The van der Waals surface area contributed by atoms with Crippen molar-refractivity contribution in [3.8, 4) is 0 Å². The molecular formula is C9H14O5. The SMILES string of the molecule is CCCC(=O)OOC(=O)CCC(C)=O. The van der Waals surface area contributed by atoms with E-state index in [-0.39, 0.29) is 25.0 Å². The molecule has 80 valence electrons. The van der Waals surface area contributed by atoms with Gasteiger partial charge in [0.05, 0.1) is 6.42 Å². The van der Waals surface area contributed by atoms with Gasteiger partial charge < -0.3 is 4.79 Å². The van der Waals surface area contributed by atoms with E-state index in [1.165, 1.54) is 6.92 Å². The second kappa shape index (κ2) is 7.06. The first-order valence-corrected chi connectivity index (χ1v) is 4.46. The van der Waals surface area contributed by atoms with Crippen molar-refractivity contribution in [3.63, 3.8) is 0 Å². The van der Waals surface area contributed by atoms with Crippen LogP contribution in [0.3, 0.4) is 0 Å². The van der Waals surface area contributed by atoms with Gasteiger partial charge in [0.2, 0.25) is 0 Å². The van der Waals surface area contributed by atoms with Gasteiger partial charge in [-0.05, 0) is 13.3 Å². The zero-order valence-electron chi connectivity index (χ0n) is 8.37. The first kappa shape index (κ1) is 12.6. The highest BCUT2D eigenvalue weighted by atomic mass is 17.2. The summed E-state index contributed by atoms with van der Waals surface area (Å²) in [5.74, 6) is -1.39. The van der Waals surface area contributed by atoms with Gasteiger partial charge in [0.25, 0.3) is 0 Å². The van der Waals surface area contributed by atoms with Crippen LogP contribution in [0.1, 0.15) is 39.5 Å². The maximum Gasteiger partial charge on any atom is 0.356 e. The van der Waals surface area contributed by atoms with Crippen molar-refractivity contribution >= 4 is 17.7 Å². The average Bonchev–Trinajstić information content (AvgIpc) is 2.12. The van der Waals surface area contributed by atoms with Crippen LogP contribution in [0.15, 0.2) is 0 Å². The number of carbonyl (C=O) groups excluding carboxylic acids is 3. The van der Waals surface area contributed by atoms with Gasteiger partial charge in [-0.15, -0.1) is 0 Å². The molecule has 0 unspecified atom stereocenters. The van der Waals surface area contributed by atoms with Crippen molar-refractivity contribution in [2.45, 2.75) is 39.5 Å². The summed E-state index contributed by atoms with van der Waals surface area (Å²) in [4.78, 5) is 40.3. The Bertz CT molecular complexity index is 221.